The van der Waals surface area contributed by atoms with Gasteiger partial charge >= 0.3 is 21.7 Å². The number of halogens is 3. The molecule has 1 spiro atoms. The van der Waals surface area contributed by atoms with Crippen molar-refractivity contribution in [3.63, 3.8) is 0 Å². The average Bonchev–Trinajstić information content (AvgIpc) is 2.71. The number of hydrogen-bond donors (Lipinski definition) is 0. The molecule has 13 heteroatoms. The predicted molar refractivity (Wildman–Crippen MR) is 134 cm³/mol. The summed E-state index contributed by atoms with van der Waals surface area (Å²) >= 11 is 0. The first-order chi connectivity index (χ1) is 16.7. The molecule has 1 aromatic carbocycles. The molecule has 0 bridgehead atoms. The first-order valence-electron chi connectivity index (χ1n) is 11.9. The highest BCUT2D eigenvalue weighted by atomic mass is 32.2. The van der Waals surface area contributed by atoms with Crippen molar-refractivity contribution in [2.45, 2.75) is 82.7 Å². The van der Waals surface area contributed by atoms with Gasteiger partial charge in [0.15, 0.2) is 5.76 Å². The van der Waals surface area contributed by atoms with Crippen molar-refractivity contribution < 1.29 is 44.5 Å². The number of rotatable bonds is 4. The molecule has 1 aromatic rings. The Morgan fingerprint density at radius 2 is 1.68 bits per heavy atom. The van der Waals surface area contributed by atoms with Crippen molar-refractivity contribution in [1.82, 2.24) is 4.90 Å². The summed E-state index contributed by atoms with van der Waals surface area (Å²) in [7, 11) is -7.70. The first kappa shape index (κ1) is 29.1. The van der Waals surface area contributed by atoms with Gasteiger partial charge in [-0.2, -0.15) is 21.6 Å². The molecule has 2 aliphatic heterocycles. The Hall–Kier alpha value is -2.41. The second-order valence-corrected chi connectivity index (χ2v) is 16.2. The van der Waals surface area contributed by atoms with E-state index in [1.54, 1.807) is 26.8 Å². The lowest BCUT2D eigenvalue weighted by Gasteiger charge is -2.42. The number of carbonyl (C=O) groups is 1. The zero-order valence-electron chi connectivity index (χ0n) is 22.1. The van der Waals surface area contributed by atoms with Crippen LogP contribution in [-0.4, -0.2) is 58.3 Å². The van der Waals surface area contributed by atoms with Gasteiger partial charge in [-0.25, -0.2) is 4.79 Å². The third-order valence-corrected chi connectivity index (χ3v) is 10.2. The second-order valence-electron chi connectivity index (χ2n) is 11.4. The van der Waals surface area contributed by atoms with Gasteiger partial charge in [0.25, 0.3) is 0 Å². The van der Waals surface area contributed by atoms with E-state index in [0.717, 1.165) is 0 Å². The topological polar surface area (TPSA) is 91.4 Å². The Kier molecular flexibility index (Phi) is 7.65. The summed E-state index contributed by atoms with van der Waals surface area (Å²) < 4.78 is 85.8. The van der Waals surface area contributed by atoms with Gasteiger partial charge < -0.3 is 23.0 Å². The maximum absolute atomic E-state index is 13.2. The van der Waals surface area contributed by atoms with Crippen LogP contribution in [0.2, 0.25) is 11.6 Å². The molecule has 1 fully saturated rings. The van der Waals surface area contributed by atoms with Gasteiger partial charge in [-0.15, -0.1) is 0 Å². The van der Waals surface area contributed by atoms with Crippen LogP contribution in [0.3, 0.4) is 0 Å². The average molecular weight is 566 g/mol. The first-order valence-corrected chi connectivity index (χ1v) is 15.5. The number of benzene rings is 1. The van der Waals surface area contributed by atoms with E-state index in [1.807, 2.05) is 27.3 Å². The highest BCUT2D eigenvalue weighted by Crippen LogP contribution is 2.45. The molecule has 3 rings (SSSR count). The quantitative estimate of drug-likeness (QED) is 0.267. The zero-order valence-corrected chi connectivity index (χ0v) is 24.0. The van der Waals surface area contributed by atoms with Gasteiger partial charge in [-0.05, 0) is 50.6 Å². The van der Waals surface area contributed by atoms with Crippen molar-refractivity contribution >= 4 is 31.0 Å². The standard InChI is InChI=1S/C24H34F3NO7SSi/c1-21(2,3)33-20(29)28-12-10-23(11-13-28)15-19(34-36(30,31)24(25,26)27)17-14-16(8-9-18(17)32-23)35-37(7)22(4,5)6/h8-9,14-15,37H,10-13H2,1-7H3. The van der Waals surface area contributed by atoms with Crippen molar-refractivity contribution in [2.75, 3.05) is 13.1 Å². The molecular weight excluding hydrogens is 531 g/mol. The SMILES string of the molecule is C[SiH](Oc1ccc2c(c1)C(OS(=O)(=O)C(F)(F)F)=CC1(CCN(C(=O)OC(C)(C)C)CC1)O2)C(C)(C)C. The number of carbonyl (C=O) groups excluding carboxylic acids is 1. The Morgan fingerprint density at radius 1 is 1.08 bits per heavy atom. The normalized spacial score (nSPS) is 18.9. The summed E-state index contributed by atoms with van der Waals surface area (Å²) in [5.41, 5.74) is -7.42. The van der Waals surface area contributed by atoms with Crippen LogP contribution in [0.4, 0.5) is 18.0 Å². The number of nitrogens with zero attached hydrogens (tertiary/aromatic N) is 1. The fraction of sp³-hybridized carbons (Fsp3) is 0.625. The molecule has 37 heavy (non-hydrogen) atoms. The van der Waals surface area contributed by atoms with Crippen molar-refractivity contribution in [1.29, 1.82) is 0 Å². The number of piperidine rings is 1. The van der Waals surface area contributed by atoms with Crippen molar-refractivity contribution in [2.24, 2.45) is 0 Å². The molecule has 0 saturated carbocycles. The maximum Gasteiger partial charge on any atom is 0.534 e. The molecule has 2 heterocycles. The highest BCUT2D eigenvalue weighted by Gasteiger charge is 2.50. The molecule has 0 aliphatic carbocycles. The van der Waals surface area contributed by atoms with Crippen LogP contribution in [-0.2, 0) is 19.0 Å². The van der Waals surface area contributed by atoms with Crippen LogP contribution in [0.1, 0.15) is 59.9 Å². The Morgan fingerprint density at radius 3 is 2.19 bits per heavy atom. The number of amides is 1. The smallest absolute Gasteiger partial charge is 0.534 e. The highest BCUT2D eigenvalue weighted by molar-refractivity contribution is 7.87. The number of alkyl halides is 3. The van der Waals surface area contributed by atoms with E-state index >= 15 is 0 Å². The molecular formula is C24H34F3NO7SSi. The van der Waals surface area contributed by atoms with Crippen LogP contribution in [0, 0.1) is 0 Å². The second kappa shape index (κ2) is 9.72. The summed E-state index contributed by atoms with van der Waals surface area (Å²) in [6, 6.07) is 4.61. The zero-order chi connectivity index (χ0) is 28.0. The molecule has 0 radical (unpaired) electrons. The molecule has 8 nitrogen and oxygen atoms in total. The monoisotopic (exact) mass is 565 g/mol. The van der Waals surface area contributed by atoms with E-state index in [4.69, 9.17) is 13.9 Å². The number of hydrogen-bond acceptors (Lipinski definition) is 7. The maximum atomic E-state index is 13.2. The summed E-state index contributed by atoms with van der Waals surface area (Å²) in [6.45, 7) is 13.7. The fourth-order valence-corrected chi connectivity index (χ4v) is 5.06. The molecule has 208 valence electrons. The molecule has 2 aliphatic rings. The van der Waals surface area contributed by atoms with Crippen LogP contribution < -0.4 is 9.16 Å². The van der Waals surface area contributed by atoms with Crippen LogP contribution in [0.5, 0.6) is 11.5 Å². The van der Waals surface area contributed by atoms with E-state index < -0.39 is 47.7 Å². The number of ether oxygens (including phenoxy) is 2. The Balaban J connectivity index is 1.94. The summed E-state index contributed by atoms with van der Waals surface area (Å²) in [6.07, 6.45) is 1.13. The summed E-state index contributed by atoms with van der Waals surface area (Å²) in [5, 5.41) is -0.0899. The lowest BCUT2D eigenvalue weighted by molar-refractivity contribution is -0.0512. The van der Waals surface area contributed by atoms with Gasteiger partial charge in [-0.3, -0.25) is 0 Å². The van der Waals surface area contributed by atoms with E-state index in [9.17, 15) is 26.4 Å². The van der Waals surface area contributed by atoms with Crippen molar-refractivity contribution in [3.8, 4) is 11.5 Å². The summed E-state index contributed by atoms with van der Waals surface area (Å²) in [5.74, 6) is 0.0592. The van der Waals surface area contributed by atoms with Gasteiger partial charge in [-0.1, -0.05) is 20.8 Å². The third kappa shape index (κ3) is 6.92. The van der Waals surface area contributed by atoms with Crippen molar-refractivity contribution in [3.05, 3.63) is 29.8 Å². The van der Waals surface area contributed by atoms with E-state index in [1.165, 1.54) is 23.1 Å². The molecule has 0 N–H and O–H groups in total. The third-order valence-electron chi connectivity index (χ3n) is 6.20. The lowest BCUT2D eigenvalue weighted by Crippen LogP contribution is -2.50. The van der Waals surface area contributed by atoms with Gasteiger partial charge in [0.05, 0.1) is 5.56 Å². The van der Waals surface area contributed by atoms with Crippen LogP contribution >= 0.6 is 0 Å². The van der Waals surface area contributed by atoms with Gasteiger partial charge in [0.2, 0.25) is 9.04 Å². The van der Waals surface area contributed by atoms with E-state index in [0.29, 0.717) is 5.75 Å². The molecule has 1 amide bonds. The minimum absolute atomic E-state index is 0.0423. The van der Waals surface area contributed by atoms with E-state index in [2.05, 4.69) is 4.18 Å². The van der Waals surface area contributed by atoms with Crippen LogP contribution in [0.15, 0.2) is 24.3 Å². The predicted octanol–water partition coefficient (Wildman–Crippen LogP) is 5.59. The van der Waals surface area contributed by atoms with E-state index in [-0.39, 0.29) is 42.3 Å². The molecule has 1 atom stereocenters. The summed E-state index contributed by atoms with van der Waals surface area (Å²) in [4.78, 5) is 13.9. The number of fused-ring (bicyclic) bond motifs is 1. The fourth-order valence-electron chi connectivity index (χ4n) is 3.69. The largest absolute Gasteiger partial charge is 0.546 e. The minimum Gasteiger partial charge on any atom is -0.546 e. The lowest BCUT2D eigenvalue weighted by atomic mass is 9.87. The molecule has 0 aromatic heterocycles. The minimum atomic E-state index is -5.94. The molecule has 1 saturated heterocycles. The Bertz CT molecular complexity index is 1160. The Labute approximate surface area is 217 Å². The number of likely N-dealkylation sites (tertiary alicyclic amines) is 1. The molecule has 1 unspecified atom stereocenters. The van der Waals surface area contributed by atoms with Gasteiger partial charge in [0, 0.05) is 32.0 Å². The van der Waals surface area contributed by atoms with Crippen LogP contribution in [0.25, 0.3) is 5.76 Å². The van der Waals surface area contributed by atoms with Gasteiger partial charge in [0.1, 0.15) is 22.7 Å².